The van der Waals surface area contributed by atoms with Crippen LogP contribution in [0, 0.1) is 6.92 Å². The van der Waals surface area contributed by atoms with Crippen LogP contribution >= 0.6 is 0 Å². The molecule has 0 amide bonds. The molecule has 0 spiro atoms. The molecule has 1 saturated heterocycles. The SMILES string of the molecule is COc1ccc(CN2CCCNCC2)cc1C. The average Bonchev–Trinajstić information content (AvgIpc) is 2.58. The Labute approximate surface area is 104 Å². The summed E-state index contributed by atoms with van der Waals surface area (Å²) < 4.78 is 5.29. The summed E-state index contributed by atoms with van der Waals surface area (Å²) in [5, 5.41) is 3.43. The molecule has 3 heteroatoms. The summed E-state index contributed by atoms with van der Waals surface area (Å²) in [5.74, 6) is 0.978. The Morgan fingerprint density at radius 3 is 2.94 bits per heavy atom. The fourth-order valence-electron chi connectivity index (χ4n) is 2.36. The fourth-order valence-corrected chi connectivity index (χ4v) is 2.36. The van der Waals surface area contributed by atoms with Crippen LogP contribution in [0.15, 0.2) is 18.2 Å². The lowest BCUT2D eigenvalue weighted by Gasteiger charge is -2.20. The third-order valence-electron chi connectivity index (χ3n) is 3.30. The maximum atomic E-state index is 5.29. The van der Waals surface area contributed by atoms with E-state index in [0.717, 1.165) is 31.9 Å². The van der Waals surface area contributed by atoms with Crippen LogP contribution in [0.25, 0.3) is 0 Å². The van der Waals surface area contributed by atoms with Crippen LogP contribution in [-0.4, -0.2) is 38.2 Å². The highest BCUT2D eigenvalue weighted by Crippen LogP contribution is 2.19. The van der Waals surface area contributed by atoms with E-state index in [1.165, 1.54) is 24.1 Å². The molecule has 94 valence electrons. The predicted molar refractivity (Wildman–Crippen MR) is 70.5 cm³/mol. The number of nitrogens with zero attached hydrogens (tertiary/aromatic N) is 1. The molecule has 1 aliphatic rings. The molecule has 0 saturated carbocycles. The van der Waals surface area contributed by atoms with Crippen molar-refractivity contribution >= 4 is 0 Å². The van der Waals surface area contributed by atoms with E-state index < -0.39 is 0 Å². The van der Waals surface area contributed by atoms with Gasteiger partial charge in [0.05, 0.1) is 7.11 Å². The predicted octanol–water partition coefficient (Wildman–Crippen LogP) is 1.80. The fraction of sp³-hybridized carbons (Fsp3) is 0.571. The van der Waals surface area contributed by atoms with Crippen LogP contribution in [0.4, 0.5) is 0 Å². The molecular formula is C14H22N2O. The smallest absolute Gasteiger partial charge is 0.121 e. The Morgan fingerprint density at radius 2 is 2.18 bits per heavy atom. The van der Waals surface area contributed by atoms with Crippen molar-refractivity contribution in [1.29, 1.82) is 0 Å². The van der Waals surface area contributed by atoms with Crippen LogP contribution in [0.5, 0.6) is 5.75 Å². The summed E-state index contributed by atoms with van der Waals surface area (Å²) in [4.78, 5) is 2.52. The first-order valence-corrected chi connectivity index (χ1v) is 6.36. The van der Waals surface area contributed by atoms with E-state index in [4.69, 9.17) is 4.74 Å². The molecule has 1 aromatic carbocycles. The van der Waals surface area contributed by atoms with Gasteiger partial charge in [-0.1, -0.05) is 12.1 Å². The van der Waals surface area contributed by atoms with Crippen LogP contribution in [0.1, 0.15) is 17.5 Å². The summed E-state index contributed by atoms with van der Waals surface area (Å²) in [5.41, 5.74) is 2.60. The molecule has 1 heterocycles. The third-order valence-corrected chi connectivity index (χ3v) is 3.30. The highest BCUT2D eigenvalue weighted by atomic mass is 16.5. The first-order valence-electron chi connectivity index (χ1n) is 6.36. The van der Waals surface area contributed by atoms with Gasteiger partial charge in [-0.2, -0.15) is 0 Å². The molecule has 1 aliphatic heterocycles. The van der Waals surface area contributed by atoms with Gasteiger partial charge in [0.1, 0.15) is 5.75 Å². The average molecular weight is 234 g/mol. The standard InChI is InChI=1S/C14H22N2O/c1-12-10-13(4-5-14(12)17-2)11-16-8-3-6-15-7-9-16/h4-5,10,15H,3,6-9,11H2,1-2H3. The molecule has 3 nitrogen and oxygen atoms in total. The van der Waals surface area contributed by atoms with E-state index in [1.54, 1.807) is 7.11 Å². The van der Waals surface area contributed by atoms with Gasteiger partial charge in [0.25, 0.3) is 0 Å². The lowest BCUT2D eigenvalue weighted by Crippen LogP contribution is -2.27. The monoisotopic (exact) mass is 234 g/mol. The molecule has 0 bridgehead atoms. The highest BCUT2D eigenvalue weighted by Gasteiger charge is 2.09. The second-order valence-electron chi connectivity index (χ2n) is 4.68. The van der Waals surface area contributed by atoms with Gasteiger partial charge >= 0.3 is 0 Å². The van der Waals surface area contributed by atoms with Gasteiger partial charge < -0.3 is 10.1 Å². The molecule has 0 unspecified atom stereocenters. The number of hydrogen-bond donors (Lipinski definition) is 1. The quantitative estimate of drug-likeness (QED) is 0.863. The van der Waals surface area contributed by atoms with Gasteiger partial charge in [0.2, 0.25) is 0 Å². The Kier molecular flexibility index (Phi) is 4.40. The van der Waals surface area contributed by atoms with Crippen molar-refractivity contribution in [2.24, 2.45) is 0 Å². The first-order chi connectivity index (χ1) is 8.29. The van der Waals surface area contributed by atoms with E-state index in [1.807, 2.05) is 0 Å². The number of aryl methyl sites for hydroxylation is 1. The zero-order valence-electron chi connectivity index (χ0n) is 10.8. The summed E-state index contributed by atoms with van der Waals surface area (Å²) >= 11 is 0. The molecule has 0 aromatic heterocycles. The van der Waals surface area contributed by atoms with Gasteiger partial charge in [0, 0.05) is 19.6 Å². The molecule has 1 aromatic rings. The normalized spacial score (nSPS) is 17.8. The zero-order valence-corrected chi connectivity index (χ0v) is 10.8. The third kappa shape index (κ3) is 3.45. The van der Waals surface area contributed by atoms with Crippen molar-refractivity contribution in [3.63, 3.8) is 0 Å². The minimum Gasteiger partial charge on any atom is -0.496 e. The number of rotatable bonds is 3. The number of benzene rings is 1. The molecule has 0 radical (unpaired) electrons. The van der Waals surface area contributed by atoms with Crippen LogP contribution in [0.3, 0.4) is 0 Å². The molecule has 17 heavy (non-hydrogen) atoms. The van der Waals surface area contributed by atoms with Gasteiger partial charge in [-0.15, -0.1) is 0 Å². The lowest BCUT2D eigenvalue weighted by molar-refractivity contribution is 0.284. The summed E-state index contributed by atoms with van der Waals surface area (Å²) in [6.07, 6.45) is 1.25. The van der Waals surface area contributed by atoms with E-state index in [9.17, 15) is 0 Å². The van der Waals surface area contributed by atoms with Crippen molar-refractivity contribution < 1.29 is 4.74 Å². The molecule has 0 atom stereocenters. The van der Waals surface area contributed by atoms with E-state index in [-0.39, 0.29) is 0 Å². The second-order valence-corrected chi connectivity index (χ2v) is 4.68. The minimum atomic E-state index is 0.978. The van der Waals surface area contributed by atoms with E-state index in [2.05, 4.69) is 35.3 Å². The van der Waals surface area contributed by atoms with Crippen molar-refractivity contribution in [2.75, 3.05) is 33.3 Å². The lowest BCUT2D eigenvalue weighted by atomic mass is 10.1. The molecular weight excluding hydrogens is 212 g/mol. The van der Waals surface area contributed by atoms with Gasteiger partial charge in [-0.05, 0) is 43.6 Å². The number of methoxy groups -OCH3 is 1. The van der Waals surface area contributed by atoms with Crippen molar-refractivity contribution in [1.82, 2.24) is 10.2 Å². The summed E-state index contributed by atoms with van der Waals surface area (Å²) in [6, 6.07) is 6.47. The van der Waals surface area contributed by atoms with Crippen molar-refractivity contribution in [3.05, 3.63) is 29.3 Å². The van der Waals surface area contributed by atoms with Crippen LogP contribution in [0.2, 0.25) is 0 Å². The largest absolute Gasteiger partial charge is 0.496 e. The van der Waals surface area contributed by atoms with Crippen molar-refractivity contribution in [2.45, 2.75) is 19.9 Å². The van der Waals surface area contributed by atoms with Gasteiger partial charge in [-0.3, -0.25) is 4.90 Å². The topological polar surface area (TPSA) is 24.5 Å². The Hall–Kier alpha value is -1.06. The maximum Gasteiger partial charge on any atom is 0.121 e. The molecule has 1 N–H and O–H groups in total. The molecule has 2 rings (SSSR count). The zero-order chi connectivity index (χ0) is 12.1. The summed E-state index contributed by atoms with van der Waals surface area (Å²) in [7, 11) is 1.72. The number of ether oxygens (including phenoxy) is 1. The second kappa shape index (κ2) is 6.03. The number of hydrogen-bond acceptors (Lipinski definition) is 3. The Bertz CT molecular complexity index is 357. The number of nitrogens with one attached hydrogen (secondary N) is 1. The van der Waals surface area contributed by atoms with Gasteiger partial charge in [-0.25, -0.2) is 0 Å². The van der Waals surface area contributed by atoms with Gasteiger partial charge in [0.15, 0.2) is 0 Å². The summed E-state index contributed by atoms with van der Waals surface area (Å²) in [6.45, 7) is 7.75. The van der Waals surface area contributed by atoms with Crippen LogP contribution < -0.4 is 10.1 Å². The molecule has 1 fully saturated rings. The van der Waals surface area contributed by atoms with E-state index in [0.29, 0.717) is 0 Å². The first kappa shape index (κ1) is 12.4. The highest BCUT2D eigenvalue weighted by molar-refractivity contribution is 5.36. The van der Waals surface area contributed by atoms with E-state index >= 15 is 0 Å². The molecule has 0 aliphatic carbocycles. The van der Waals surface area contributed by atoms with Crippen LogP contribution in [-0.2, 0) is 6.54 Å². The Morgan fingerprint density at radius 1 is 1.29 bits per heavy atom. The Balaban J connectivity index is 1.99. The van der Waals surface area contributed by atoms with Crippen molar-refractivity contribution in [3.8, 4) is 5.75 Å². The maximum absolute atomic E-state index is 5.29. The minimum absolute atomic E-state index is 0.978.